The molecule has 150 valence electrons. The molecule has 0 N–H and O–H groups in total. The molecule has 2 rings (SSSR count). The van der Waals surface area contributed by atoms with Crippen molar-refractivity contribution >= 4 is 35.0 Å². The standard InChI is InChI=1S/C20H29Cl2N3O2/c1-2-3-10-25(20(27)19(21)22)11-9-18(26)24-14-12-23(13-15-24)16-17-7-5-4-6-8-17/h4-8,19H,2-3,9-16H2,1H3. The summed E-state index contributed by atoms with van der Waals surface area (Å²) < 4.78 is 0. The fourth-order valence-corrected chi connectivity index (χ4v) is 3.48. The van der Waals surface area contributed by atoms with Crippen molar-refractivity contribution in [1.29, 1.82) is 0 Å². The first-order chi connectivity index (χ1) is 13.0. The van der Waals surface area contributed by atoms with E-state index < -0.39 is 4.84 Å². The molecule has 5 nitrogen and oxygen atoms in total. The molecule has 0 bridgehead atoms. The molecule has 1 aromatic rings. The third-order valence-corrected chi connectivity index (χ3v) is 5.22. The predicted molar refractivity (Wildman–Crippen MR) is 110 cm³/mol. The molecule has 1 heterocycles. The van der Waals surface area contributed by atoms with Crippen LogP contribution in [0.3, 0.4) is 0 Å². The van der Waals surface area contributed by atoms with Crippen LogP contribution in [0.15, 0.2) is 30.3 Å². The van der Waals surface area contributed by atoms with Crippen molar-refractivity contribution in [2.24, 2.45) is 0 Å². The van der Waals surface area contributed by atoms with Gasteiger partial charge in [0.05, 0.1) is 0 Å². The van der Waals surface area contributed by atoms with Crippen molar-refractivity contribution in [3.8, 4) is 0 Å². The maximum absolute atomic E-state index is 12.5. The lowest BCUT2D eigenvalue weighted by Crippen LogP contribution is -2.49. The van der Waals surface area contributed by atoms with E-state index in [0.29, 0.717) is 19.5 Å². The van der Waals surface area contributed by atoms with Gasteiger partial charge in [-0.1, -0.05) is 66.9 Å². The van der Waals surface area contributed by atoms with E-state index >= 15 is 0 Å². The minimum atomic E-state index is -1.07. The number of hydrogen-bond donors (Lipinski definition) is 0. The Bertz CT molecular complexity index is 590. The van der Waals surface area contributed by atoms with E-state index in [1.54, 1.807) is 4.90 Å². The number of hydrogen-bond acceptors (Lipinski definition) is 3. The molecule has 1 aromatic carbocycles. The Morgan fingerprint density at radius 3 is 2.33 bits per heavy atom. The quantitative estimate of drug-likeness (QED) is 0.583. The highest BCUT2D eigenvalue weighted by atomic mass is 35.5. The summed E-state index contributed by atoms with van der Waals surface area (Å²) >= 11 is 11.4. The molecule has 0 unspecified atom stereocenters. The second-order valence-corrected chi connectivity index (χ2v) is 7.97. The second-order valence-electron chi connectivity index (χ2n) is 6.87. The van der Waals surface area contributed by atoms with Crippen LogP contribution in [0, 0.1) is 0 Å². The Labute approximate surface area is 172 Å². The van der Waals surface area contributed by atoms with E-state index in [2.05, 4.69) is 24.0 Å². The summed E-state index contributed by atoms with van der Waals surface area (Å²) in [6.07, 6.45) is 2.16. The first-order valence-corrected chi connectivity index (χ1v) is 10.5. The number of carbonyl (C=O) groups is 2. The lowest BCUT2D eigenvalue weighted by molar-refractivity contribution is -0.135. The smallest absolute Gasteiger partial charge is 0.255 e. The normalized spacial score (nSPS) is 15.2. The molecule has 1 aliphatic rings. The zero-order valence-electron chi connectivity index (χ0n) is 15.9. The summed E-state index contributed by atoms with van der Waals surface area (Å²) in [4.78, 5) is 29.4. The molecule has 0 radical (unpaired) electrons. The number of carbonyl (C=O) groups excluding carboxylic acids is 2. The van der Waals surface area contributed by atoms with Gasteiger partial charge in [0.15, 0.2) is 4.84 Å². The first kappa shape index (κ1) is 22.0. The molecular formula is C20H29Cl2N3O2. The number of halogens is 2. The van der Waals surface area contributed by atoms with Gasteiger partial charge >= 0.3 is 0 Å². The number of unbranched alkanes of at least 4 members (excludes halogenated alkanes) is 1. The maximum Gasteiger partial charge on any atom is 0.255 e. The molecule has 1 fully saturated rings. The maximum atomic E-state index is 12.5. The van der Waals surface area contributed by atoms with Crippen LogP contribution < -0.4 is 0 Å². The van der Waals surface area contributed by atoms with Crippen LogP contribution in [0.25, 0.3) is 0 Å². The highest BCUT2D eigenvalue weighted by Gasteiger charge is 2.24. The summed E-state index contributed by atoms with van der Waals surface area (Å²) in [7, 11) is 0. The third kappa shape index (κ3) is 7.32. The van der Waals surface area contributed by atoms with Crippen molar-refractivity contribution in [1.82, 2.24) is 14.7 Å². The number of alkyl halides is 2. The molecular weight excluding hydrogens is 385 g/mol. The zero-order valence-corrected chi connectivity index (χ0v) is 17.5. The minimum Gasteiger partial charge on any atom is -0.340 e. The molecule has 0 aromatic heterocycles. The van der Waals surface area contributed by atoms with Crippen molar-refractivity contribution in [2.45, 2.75) is 37.6 Å². The summed E-state index contributed by atoms with van der Waals surface area (Å²) in [5, 5.41) is 0. The van der Waals surface area contributed by atoms with Gasteiger partial charge in [-0.3, -0.25) is 14.5 Å². The van der Waals surface area contributed by atoms with Gasteiger partial charge in [0, 0.05) is 52.2 Å². The van der Waals surface area contributed by atoms with Crippen molar-refractivity contribution in [2.75, 3.05) is 39.3 Å². The zero-order chi connectivity index (χ0) is 19.6. The molecule has 0 aliphatic carbocycles. The molecule has 0 atom stereocenters. The lowest BCUT2D eigenvalue weighted by Gasteiger charge is -2.35. The Morgan fingerprint density at radius 2 is 1.74 bits per heavy atom. The number of rotatable bonds is 9. The van der Waals surface area contributed by atoms with Gasteiger partial charge in [-0.05, 0) is 12.0 Å². The Kier molecular flexibility index (Phi) is 9.39. The Morgan fingerprint density at radius 1 is 1.07 bits per heavy atom. The largest absolute Gasteiger partial charge is 0.340 e. The predicted octanol–water partition coefficient (Wildman–Crippen LogP) is 3.15. The van der Waals surface area contributed by atoms with Crippen LogP contribution in [0.5, 0.6) is 0 Å². The SMILES string of the molecule is CCCCN(CCC(=O)N1CCN(Cc2ccccc2)CC1)C(=O)C(Cl)Cl. The fraction of sp³-hybridized carbons (Fsp3) is 0.600. The molecule has 27 heavy (non-hydrogen) atoms. The Balaban J connectivity index is 1.76. The van der Waals surface area contributed by atoms with Crippen LogP contribution in [0.1, 0.15) is 31.7 Å². The van der Waals surface area contributed by atoms with Gasteiger partial charge in [0.25, 0.3) is 5.91 Å². The lowest BCUT2D eigenvalue weighted by atomic mass is 10.2. The Hall–Kier alpha value is -1.30. The molecule has 1 saturated heterocycles. The number of nitrogens with zero attached hydrogens (tertiary/aromatic N) is 3. The van der Waals surface area contributed by atoms with Gasteiger partial charge in [-0.2, -0.15) is 0 Å². The number of amides is 2. The van der Waals surface area contributed by atoms with Crippen LogP contribution >= 0.6 is 23.2 Å². The summed E-state index contributed by atoms with van der Waals surface area (Å²) in [6, 6.07) is 10.4. The van der Waals surface area contributed by atoms with Crippen molar-refractivity contribution in [3.05, 3.63) is 35.9 Å². The summed E-state index contributed by atoms with van der Waals surface area (Å²) in [5.41, 5.74) is 1.29. The van der Waals surface area contributed by atoms with Gasteiger partial charge < -0.3 is 9.80 Å². The second kappa shape index (κ2) is 11.5. The summed E-state index contributed by atoms with van der Waals surface area (Å²) in [5.74, 6) is -0.225. The van der Waals surface area contributed by atoms with Crippen molar-refractivity contribution < 1.29 is 9.59 Å². The van der Waals surface area contributed by atoms with E-state index in [4.69, 9.17) is 23.2 Å². The molecule has 0 saturated carbocycles. The number of benzene rings is 1. The van der Waals surface area contributed by atoms with Crippen LogP contribution in [0.4, 0.5) is 0 Å². The molecule has 0 spiro atoms. The van der Waals surface area contributed by atoms with E-state index in [1.807, 2.05) is 23.1 Å². The molecule has 7 heteroatoms. The monoisotopic (exact) mass is 413 g/mol. The molecule has 2 amide bonds. The number of piperazine rings is 1. The van der Waals surface area contributed by atoms with Crippen molar-refractivity contribution in [3.63, 3.8) is 0 Å². The van der Waals surface area contributed by atoms with Gasteiger partial charge in [-0.15, -0.1) is 0 Å². The fourth-order valence-electron chi connectivity index (χ4n) is 3.20. The highest BCUT2D eigenvalue weighted by Crippen LogP contribution is 2.12. The van der Waals surface area contributed by atoms with E-state index in [0.717, 1.165) is 45.6 Å². The summed E-state index contributed by atoms with van der Waals surface area (Å²) in [6.45, 7) is 7.11. The first-order valence-electron chi connectivity index (χ1n) is 9.62. The third-order valence-electron chi connectivity index (χ3n) is 4.85. The van der Waals surface area contributed by atoms with Gasteiger partial charge in [0.2, 0.25) is 5.91 Å². The van der Waals surface area contributed by atoms with Gasteiger partial charge in [-0.25, -0.2) is 0 Å². The van der Waals surface area contributed by atoms with Crippen LogP contribution in [-0.2, 0) is 16.1 Å². The van der Waals surface area contributed by atoms with Gasteiger partial charge in [0.1, 0.15) is 0 Å². The average Bonchev–Trinajstić information content (AvgIpc) is 2.68. The highest BCUT2D eigenvalue weighted by molar-refractivity contribution is 6.53. The van der Waals surface area contributed by atoms with E-state index in [-0.39, 0.29) is 11.8 Å². The minimum absolute atomic E-state index is 0.0874. The van der Waals surface area contributed by atoms with Crippen LogP contribution in [-0.4, -0.2) is 70.6 Å². The topological polar surface area (TPSA) is 43.9 Å². The average molecular weight is 414 g/mol. The van der Waals surface area contributed by atoms with E-state index in [1.165, 1.54) is 5.56 Å². The van der Waals surface area contributed by atoms with E-state index in [9.17, 15) is 9.59 Å². The van der Waals surface area contributed by atoms with Crippen LogP contribution in [0.2, 0.25) is 0 Å². The molecule has 1 aliphatic heterocycles.